The number of hydrogen-bond donors (Lipinski definition) is 0. The second kappa shape index (κ2) is 11.2. The first kappa shape index (κ1) is 17.1. The summed E-state index contributed by atoms with van der Waals surface area (Å²) in [6.07, 6.45) is 7.83. The van der Waals surface area contributed by atoms with Crippen LogP contribution in [0, 0.1) is 23.2 Å². The molecule has 0 aliphatic heterocycles. The third-order valence-corrected chi connectivity index (χ3v) is 3.31. The molecule has 4 heteroatoms. The van der Waals surface area contributed by atoms with Crippen molar-refractivity contribution in [3.05, 3.63) is 0 Å². The predicted octanol–water partition coefficient (Wildman–Crippen LogP) is 2.92. The molecule has 0 amide bonds. The largest absolute Gasteiger partial charge is 0.356 e. The molecule has 4 nitrogen and oxygen atoms in total. The SMILES string of the molecule is COC(C)OC.N#CC(C=O)CC1CCCCC1. The standard InChI is InChI=1S/C10H15NO.C4H10O2/c11-7-10(8-12)6-9-4-2-1-3-5-9;1-4(5-2)6-3/h8-10H,1-6H2;4H,1-3H3. The van der Waals surface area contributed by atoms with Gasteiger partial charge in [-0.2, -0.15) is 5.26 Å². The smallest absolute Gasteiger partial charge is 0.154 e. The van der Waals surface area contributed by atoms with Crippen molar-refractivity contribution in [3.8, 4) is 6.07 Å². The van der Waals surface area contributed by atoms with Crippen molar-refractivity contribution in [2.45, 2.75) is 51.7 Å². The summed E-state index contributed by atoms with van der Waals surface area (Å²) in [4.78, 5) is 10.4. The van der Waals surface area contributed by atoms with Gasteiger partial charge in [-0.1, -0.05) is 32.1 Å². The van der Waals surface area contributed by atoms with Crippen molar-refractivity contribution < 1.29 is 14.3 Å². The average Bonchev–Trinajstić information content (AvgIpc) is 2.45. The molecule has 1 unspecified atom stereocenters. The van der Waals surface area contributed by atoms with Gasteiger partial charge in [0, 0.05) is 14.2 Å². The summed E-state index contributed by atoms with van der Waals surface area (Å²) in [5, 5.41) is 8.58. The van der Waals surface area contributed by atoms with Gasteiger partial charge in [-0.25, -0.2) is 0 Å². The van der Waals surface area contributed by atoms with E-state index in [-0.39, 0.29) is 12.2 Å². The van der Waals surface area contributed by atoms with Crippen LogP contribution >= 0.6 is 0 Å². The summed E-state index contributed by atoms with van der Waals surface area (Å²) in [5.74, 6) is 0.279. The number of aldehydes is 1. The third kappa shape index (κ3) is 8.21. The highest BCUT2D eigenvalue weighted by Gasteiger charge is 2.17. The minimum Gasteiger partial charge on any atom is -0.356 e. The van der Waals surface area contributed by atoms with Gasteiger partial charge in [0.2, 0.25) is 0 Å². The monoisotopic (exact) mass is 255 g/mol. The van der Waals surface area contributed by atoms with Crippen molar-refractivity contribution in [2.75, 3.05) is 14.2 Å². The molecule has 1 atom stereocenters. The second-order valence-electron chi connectivity index (χ2n) is 4.65. The highest BCUT2D eigenvalue weighted by molar-refractivity contribution is 5.57. The Hall–Kier alpha value is -0.920. The Balaban J connectivity index is 0.000000411. The normalized spacial score (nSPS) is 17.5. The lowest BCUT2D eigenvalue weighted by Gasteiger charge is -2.21. The maximum Gasteiger partial charge on any atom is 0.154 e. The number of carbonyl (C=O) groups is 1. The Morgan fingerprint density at radius 3 is 2.17 bits per heavy atom. The Morgan fingerprint density at radius 2 is 1.83 bits per heavy atom. The molecule has 1 aliphatic rings. The molecule has 0 spiro atoms. The topological polar surface area (TPSA) is 59.3 Å². The highest BCUT2D eigenvalue weighted by Crippen LogP contribution is 2.28. The highest BCUT2D eigenvalue weighted by atomic mass is 16.7. The fourth-order valence-electron chi connectivity index (χ4n) is 2.02. The second-order valence-corrected chi connectivity index (χ2v) is 4.65. The lowest BCUT2D eigenvalue weighted by molar-refractivity contribution is -0.110. The molecule has 0 saturated heterocycles. The van der Waals surface area contributed by atoms with Gasteiger partial charge in [0.15, 0.2) is 6.29 Å². The summed E-state index contributed by atoms with van der Waals surface area (Å²) >= 11 is 0. The van der Waals surface area contributed by atoms with Crippen LogP contribution in [0.5, 0.6) is 0 Å². The zero-order valence-corrected chi connectivity index (χ0v) is 11.7. The summed E-state index contributed by atoms with van der Waals surface area (Å²) in [6, 6.07) is 2.03. The fraction of sp³-hybridized carbons (Fsp3) is 0.857. The van der Waals surface area contributed by atoms with E-state index in [1.807, 2.05) is 13.0 Å². The number of methoxy groups -OCH3 is 2. The molecule has 0 radical (unpaired) electrons. The first-order chi connectivity index (χ1) is 8.67. The van der Waals surface area contributed by atoms with Gasteiger partial charge in [-0.3, -0.25) is 0 Å². The molecule has 1 saturated carbocycles. The van der Waals surface area contributed by atoms with E-state index in [9.17, 15) is 4.79 Å². The van der Waals surface area contributed by atoms with Gasteiger partial charge in [0.05, 0.1) is 6.07 Å². The minimum absolute atomic E-state index is 0.0648. The van der Waals surface area contributed by atoms with Crippen LogP contribution < -0.4 is 0 Å². The Bertz CT molecular complexity index is 240. The molecule has 0 heterocycles. The molecule has 0 N–H and O–H groups in total. The van der Waals surface area contributed by atoms with Gasteiger partial charge >= 0.3 is 0 Å². The van der Waals surface area contributed by atoms with Gasteiger partial charge in [0.25, 0.3) is 0 Å². The van der Waals surface area contributed by atoms with E-state index >= 15 is 0 Å². The molecule has 0 bridgehead atoms. The van der Waals surface area contributed by atoms with Gasteiger partial charge in [-0.05, 0) is 19.3 Å². The maximum absolute atomic E-state index is 10.4. The number of rotatable bonds is 5. The van der Waals surface area contributed by atoms with Crippen LogP contribution in [0.3, 0.4) is 0 Å². The van der Waals surface area contributed by atoms with Crippen molar-refractivity contribution in [2.24, 2.45) is 11.8 Å². The van der Waals surface area contributed by atoms with Crippen molar-refractivity contribution in [3.63, 3.8) is 0 Å². The molecule has 0 aromatic carbocycles. The van der Waals surface area contributed by atoms with E-state index in [2.05, 4.69) is 9.47 Å². The first-order valence-corrected chi connectivity index (χ1v) is 6.58. The van der Waals surface area contributed by atoms with Crippen molar-refractivity contribution in [1.82, 2.24) is 0 Å². The number of ether oxygens (including phenoxy) is 2. The molecule has 1 rings (SSSR count). The van der Waals surface area contributed by atoms with E-state index in [1.54, 1.807) is 14.2 Å². The number of nitriles is 1. The fourth-order valence-corrected chi connectivity index (χ4v) is 2.02. The van der Waals surface area contributed by atoms with Crippen LogP contribution in [0.2, 0.25) is 0 Å². The Kier molecular flexibility index (Phi) is 10.6. The number of nitrogens with zero attached hydrogens (tertiary/aromatic N) is 1. The van der Waals surface area contributed by atoms with E-state index in [1.165, 1.54) is 32.1 Å². The van der Waals surface area contributed by atoms with Gasteiger partial charge in [0.1, 0.15) is 12.2 Å². The van der Waals surface area contributed by atoms with Crippen LogP contribution in [-0.2, 0) is 14.3 Å². The first-order valence-electron chi connectivity index (χ1n) is 6.58. The zero-order valence-electron chi connectivity index (χ0n) is 11.7. The summed E-state index contributed by atoms with van der Waals surface area (Å²) in [7, 11) is 3.21. The molecule has 18 heavy (non-hydrogen) atoms. The number of carbonyl (C=O) groups excluding carboxylic acids is 1. The Labute approximate surface area is 110 Å². The summed E-state index contributed by atoms with van der Waals surface area (Å²) in [5.41, 5.74) is 0. The van der Waals surface area contributed by atoms with E-state index < -0.39 is 0 Å². The van der Waals surface area contributed by atoms with Crippen LogP contribution in [-0.4, -0.2) is 26.8 Å². The third-order valence-electron chi connectivity index (χ3n) is 3.31. The molecular formula is C14H25NO3. The van der Waals surface area contributed by atoms with Crippen LogP contribution in [0.4, 0.5) is 0 Å². The summed E-state index contributed by atoms with van der Waals surface area (Å²) in [6.45, 7) is 1.83. The van der Waals surface area contributed by atoms with E-state index in [4.69, 9.17) is 5.26 Å². The molecule has 104 valence electrons. The van der Waals surface area contributed by atoms with E-state index in [0.29, 0.717) is 5.92 Å². The Morgan fingerprint density at radius 1 is 1.28 bits per heavy atom. The van der Waals surface area contributed by atoms with E-state index in [0.717, 1.165) is 12.7 Å². The number of hydrogen-bond acceptors (Lipinski definition) is 4. The van der Waals surface area contributed by atoms with Crippen LogP contribution in [0.1, 0.15) is 45.4 Å². The van der Waals surface area contributed by atoms with Gasteiger partial charge < -0.3 is 14.3 Å². The lowest BCUT2D eigenvalue weighted by atomic mass is 9.83. The molecule has 1 fully saturated rings. The minimum atomic E-state index is -0.354. The molecule has 0 aromatic rings. The van der Waals surface area contributed by atoms with Crippen molar-refractivity contribution >= 4 is 6.29 Å². The lowest BCUT2D eigenvalue weighted by Crippen LogP contribution is -2.11. The molecular weight excluding hydrogens is 230 g/mol. The zero-order chi connectivity index (χ0) is 13.8. The average molecular weight is 255 g/mol. The maximum atomic E-state index is 10.4. The van der Waals surface area contributed by atoms with Crippen molar-refractivity contribution in [1.29, 1.82) is 5.26 Å². The molecule has 0 aromatic heterocycles. The van der Waals surface area contributed by atoms with Gasteiger partial charge in [-0.15, -0.1) is 0 Å². The van der Waals surface area contributed by atoms with Crippen LogP contribution in [0.15, 0.2) is 0 Å². The quantitative estimate of drug-likeness (QED) is 0.560. The summed E-state index contributed by atoms with van der Waals surface area (Å²) < 4.78 is 9.35. The predicted molar refractivity (Wildman–Crippen MR) is 69.8 cm³/mol. The van der Waals surface area contributed by atoms with Crippen LogP contribution in [0.25, 0.3) is 0 Å². The molecule has 1 aliphatic carbocycles.